The Morgan fingerprint density at radius 3 is 2.36 bits per heavy atom. The van der Waals surface area contributed by atoms with Gasteiger partial charge in [-0.25, -0.2) is 19.2 Å². The van der Waals surface area contributed by atoms with E-state index in [0.29, 0.717) is 5.56 Å². The summed E-state index contributed by atoms with van der Waals surface area (Å²) in [5.41, 5.74) is 0.791. The lowest BCUT2D eigenvalue weighted by Crippen LogP contribution is -2.55. The topological polar surface area (TPSA) is 151 Å². The Morgan fingerprint density at radius 2 is 1.69 bits per heavy atom. The molecule has 220 valence electrons. The maximum Gasteiger partial charge on any atom is 0.527 e. The molecule has 1 saturated heterocycles. The van der Waals surface area contributed by atoms with Gasteiger partial charge in [-0.1, -0.05) is 42.5 Å². The number of ether oxygens (including phenoxy) is 1. The van der Waals surface area contributed by atoms with Gasteiger partial charge in [-0.05, 0) is 31.5 Å². The van der Waals surface area contributed by atoms with E-state index >= 15 is 0 Å². The molecule has 1 fully saturated rings. The van der Waals surface area contributed by atoms with Gasteiger partial charge in [0.15, 0.2) is 5.82 Å². The number of hydrogen-bond acceptors (Lipinski definition) is 9. The van der Waals surface area contributed by atoms with E-state index in [1.54, 1.807) is 43.3 Å². The third kappa shape index (κ3) is 7.85. The summed E-state index contributed by atoms with van der Waals surface area (Å²) >= 11 is 0. The number of aliphatic carboxylic acids is 1. The molecule has 2 heterocycles. The summed E-state index contributed by atoms with van der Waals surface area (Å²) in [4.78, 5) is 65.2. The SMILES string of the molecule is CCOC(=O)ON1CCN(C(=O)[C@H](CCC(=O)O)NC(=O)c2cc(-c3ccccc3F)nc(-c3ccccc3)n2)CC1. The molecule has 1 aliphatic heterocycles. The number of rotatable bonds is 10. The number of carboxylic acid groups (broad SMARTS) is 1. The van der Waals surface area contributed by atoms with E-state index in [1.807, 2.05) is 0 Å². The van der Waals surface area contributed by atoms with Crippen LogP contribution in [0.3, 0.4) is 0 Å². The van der Waals surface area contributed by atoms with Crippen LogP contribution in [0.15, 0.2) is 60.7 Å². The van der Waals surface area contributed by atoms with Crippen LogP contribution in [0.1, 0.15) is 30.3 Å². The molecule has 2 amide bonds. The highest BCUT2D eigenvalue weighted by Gasteiger charge is 2.31. The van der Waals surface area contributed by atoms with E-state index in [1.165, 1.54) is 34.2 Å². The van der Waals surface area contributed by atoms with Gasteiger partial charge in [0, 0.05) is 30.6 Å². The zero-order valence-corrected chi connectivity index (χ0v) is 22.9. The Kier molecular flexibility index (Phi) is 10.1. The maximum absolute atomic E-state index is 14.7. The molecule has 0 saturated carbocycles. The van der Waals surface area contributed by atoms with Crippen molar-refractivity contribution in [1.29, 1.82) is 0 Å². The molecule has 0 bridgehead atoms. The smallest absolute Gasteiger partial charge is 0.481 e. The first-order valence-corrected chi connectivity index (χ1v) is 13.4. The minimum Gasteiger partial charge on any atom is -0.481 e. The van der Waals surface area contributed by atoms with Crippen molar-refractivity contribution in [3.63, 3.8) is 0 Å². The van der Waals surface area contributed by atoms with E-state index in [9.17, 15) is 28.7 Å². The fourth-order valence-corrected chi connectivity index (χ4v) is 4.31. The molecule has 0 radical (unpaired) electrons. The van der Waals surface area contributed by atoms with E-state index in [4.69, 9.17) is 9.57 Å². The van der Waals surface area contributed by atoms with E-state index < -0.39 is 35.8 Å². The van der Waals surface area contributed by atoms with Gasteiger partial charge in [0.25, 0.3) is 5.91 Å². The molecule has 0 unspecified atom stereocenters. The summed E-state index contributed by atoms with van der Waals surface area (Å²) in [6.07, 6.45) is -1.39. The van der Waals surface area contributed by atoms with Gasteiger partial charge in [0.05, 0.1) is 25.4 Å². The first-order chi connectivity index (χ1) is 20.2. The lowest BCUT2D eigenvalue weighted by atomic mass is 10.1. The van der Waals surface area contributed by atoms with E-state index in [2.05, 4.69) is 15.3 Å². The van der Waals surface area contributed by atoms with Crippen molar-refractivity contribution in [2.75, 3.05) is 32.8 Å². The van der Waals surface area contributed by atoms with Crippen LogP contribution in [0.2, 0.25) is 0 Å². The summed E-state index contributed by atoms with van der Waals surface area (Å²) in [5.74, 6) is -2.74. The van der Waals surface area contributed by atoms with Gasteiger partial charge in [-0.2, -0.15) is 0 Å². The van der Waals surface area contributed by atoms with Crippen molar-refractivity contribution in [3.05, 3.63) is 72.2 Å². The Bertz CT molecular complexity index is 1430. The summed E-state index contributed by atoms with van der Waals surface area (Å²) in [5, 5.41) is 13.2. The quantitative estimate of drug-likeness (QED) is 0.343. The minimum atomic E-state index is -1.18. The number of hydrogen-bond donors (Lipinski definition) is 2. The van der Waals surface area contributed by atoms with Crippen molar-refractivity contribution in [3.8, 4) is 22.6 Å². The number of aromatic nitrogens is 2. The van der Waals surface area contributed by atoms with Gasteiger partial charge in [-0.3, -0.25) is 14.4 Å². The largest absolute Gasteiger partial charge is 0.527 e. The molecular weight excluding hydrogens is 549 g/mol. The first kappa shape index (κ1) is 30.1. The van der Waals surface area contributed by atoms with Crippen LogP contribution in [0.25, 0.3) is 22.6 Å². The number of carboxylic acids is 1. The third-order valence-electron chi connectivity index (χ3n) is 6.41. The van der Waals surface area contributed by atoms with E-state index in [-0.39, 0.29) is 68.4 Å². The molecule has 2 N–H and O–H groups in total. The second-order valence-electron chi connectivity index (χ2n) is 9.29. The number of piperazine rings is 1. The highest BCUT2D eigenvalue weighted by Crippen LogP contribution is 2.25. The number of carbonyl (C=O) groups excluding carboxylic acids is 3. The molecule has 42 heavy (non-hydrogen) atoms. The number of benzene rings is 2. The lowest BCUT2D eigenvalue weighted by Gasteiger charge is -2.35. The van der Waals surface area contributed by atoms with Crippen molar-refractivity contribution in [2.24, 2.45) is 0 Å². The highest BCUT2D eigenvalue weighted by atomic mass is 19.1. The molecule has 4 rings (SSSR count). The van der Waals surface area contributed by atoms with Crippen molar-refractivity contribution in [1.82, 2.24) is 25.2 Å². The second kappa shape index (κ2) is 14.1. The van der Waals surface area contributed by atoms with Crippen LogP contribution in [0.5, 0.6) is 0 Å². The summed E-state index contributed by atoms with van der Waals surface area (Å²) in [6.45, 7) is 2.53. The molecule has 3 aromatic rings. The number of halogens is 1. The van der Waals surface area contributed by atoms with Crippen molar-refractivity contribution < 1.29 is 38.2 Å². The predicted molar refractivity (Wildman–Crippen MR) is 147 cm³/mol. The van der Waals surface area contributed by atoms with Crippen LogP contribution in [-0.2, 0) is 19.2 Å². The molecule has 2 aromatic carbocycles. The average Bonchev–Trinajstić information content (AvgIpc) is 2.99. The molecule has 13 heteroatoms. The Morgan fingerprint density at radius 1 is 1.00 bits per heavy atom. The van der Waals surface area contributed by atoms with Crippen LogP contribution in [0.4, 0.5) is 9.18 Å². The third-order valence-corrected chi connectivity index (χ3v) is 6.41. The van der Waals surface area contributed by atoms with Gasteiger partial charge >= 0.3 is 12.1 Å². The first-order valence-electron chi connectivity index (χ1n) is 13.4. The van der Waals surface area contributed by atoms with Crippen LogP contribution < -0.4 is 5.32 Å². The molecule has 1 aromatic heterocycles. The molecule has 1 aliphatic rings. The van der Waals surface area contributed by atoms with Gasteiger partial charge in [0.2, 0.25) is 5.91 Å². The zero-order chi connectivity index (χ0) is 30.1. The fourth-order valence-electron chi connectivity index (χ4n) is 4.31. The minimum absolute atomic E-state index is 0.122. The van der Waals surface area contributed by atoms with Gasteiger partial charge < -0.3 is 24.9 Å². The van der Waals surface area contributed by atoms with Crippen molar-refractivity contribution >= 4 is 23.9 Å². The van der Waals surface area contributed by atoms with Crippen LogP contribution in [0, 0.1) is 5.82 Å². The Hall–Kier alpha value is -4.91. The standard InChI is InChI=1S/C29H30FN5O7/c1-2-41-29(40)42-35-16-14-34(15-17-35)28(39)22(12-13-25(36)37)33-27(38)24-18-23(20-10-6-7-11-21(20)30)31-26(32-24)19-8-4-3-5-9-19/h3-11,18,22H,2,12-17H2,1H3,(H,33,38)(H,36,37)/t22-/m0/s1. The second-order valence-corrected chi connectivity index (χ2v) is 9.29. The number of nitrogens with one attached hydrogen (secondary N) is 1. The number of nitrogens with zero attached hydrogens (tertiary/aromatic N) is 4. The van der Waals surface area contributed by atoms with Crippen molar-refractivity contribution in [2.45, 2.75) is 25.8 Å². The fraction of sp³-hybridized carbons (Fsp3) is 0.310. The van der Waals surface area contributed by atoms with Crippen LogP contribution in [-0.4, -0.2) is 87.8 Å². The zero-order valence-electron chi connectivity index (χ0n) is 22.9. The summed E-state index contributed by atoms with van der Waals surface area (Å²) < 4.78 is 19.4. The monoisotopic (exact) mass is 579 g/mol. The molecule has 0 spiro atoms. The van der Waals surface area contributed by atoms with Gasteiger partial charge in [-0.15, -0.1) is 5.06 Å². The molecular formula is C29H30FN5O7. The molecule has 1 atom stereocenters. The van der Waals surface area contributed by atoms with Gasteiger partial charge in [0.1, 0.15) is 17.6 Å². The Labute approximate surface area is 241 Å². The van der Waals surface area contributed by atoms with Crippen LogP contribution >= 0.6 is 0 Å². The molecule has 12 nitrogen and oxygen atoms in total. The summed E-state index contributed by atoms with van der Waals surface area (Å²) in [7, 11) is 0. The number of amides is 2. The number of carbonyl (C=O) groups is 4. The normalized spacial score (nSPS) is 14.1. The summed E-state index contributed by atoms with van der Waals surface area (Å²) in [6, 6.07) is 14.9. The van der Waals surface area contributed by atoms with E-state index in [0.717, 1.165) is 0 Å². The average molecular weight is 580 g/mol. The maximum atomic E-state index is 14.7. The predicted octanol–water partition coefficient (Wildman–Crippen LogP) is 3.15. The molecule has 0 aliphatic carbocycles. The number of hydroxylamine groups is 2. The Balaban J connectivity index is 1.56. The lowest BCUT2D eigenvalue weighted by molar-refractivity contribution is -0.157. The highest BCUT2D eigenvalue weighted by molar-refractivity contribution is 5.97.